The number of carbonyl (C=O) groups excluding carboxylic acids is 1. The molecular weight excluding hydrogens is 211 g/mol. The Kier molecular flexibility index (Phi) is 3.43. The highest BCUT2D eigenvalue weighted by Crippen LogP contribution is 2.24. The minimum Gasteiger partial charge on any atom is -0.406 e. The standard InChI is InChI=1S/C9H6F3NO2/c10-9(11,12)15-8-3-1-7(2-4-8)13-5-6-14/h1-6H. The molecule has 0 unspecified atom stereocenters. The fraction of sp³-hybridized carbons (Fsp3) is 0.111. The van der Waals surface area contributed by atoms with E-state index in [1.165, 1.54) is 12.1 Å². The smallest absolute Gasteiger partial charge is 0.406 e. The van der Waals surface area contributed by atoms with Crippen LogP contribution in [0.2, 0.25) is 0 Å². The van der Waals surface area contributed by atoms with Crippen LogP contribution in [-0.4, -0.2) is 18.9 Å². The van der Waals surface area contributed by atoms with Gasteiger partial charge in [0.25, 0.3) is 0 Å². The molecule has 0 bridgehead atoms. The number of rotatable bonds is 3. The fourth-order valence-corrected chi connectivity index (χ4v) is 0.850. The Labute approximate surface area is 83.2 Å². The van der Waals surface area contributed by atoms with E-state index in [9.17, 15) is 18.0 Å². The predicted octanol–water partition coefficient (Wildman–Crippen LogP) is 2.49. The van der Waals surface area contributed by atoms with Crippen molar-refractivity contribution in [3.63, 3.8) is 0 Å². The highest BCUT2D eigenvalue weighted by atomic mass is 19.4. The van der Waals surface area contributed by atoms with Gasteiger partial charge in [-0.25, -0.2) is 0 Å². The minimum absolute atomic E-state index is 0.326. The first-order chi connectivity index (χ1) is 7.01. The molecule has 0 radical (unpaired) electrons. The molecule has 0 aliphatic heterocycles. The van der Waals surface area contributed by atoms with Crippen molar-refractivity contribution in [2.45, 2.75) is 6.36 Å². The number of alkyl halides is 3. The van der Waals surface area contributed by atoms with Crippen LogP contribution in [0, 0.1) is 0 Å². The summed E-state index contributed by atoms with van der Waals surface area (Å²) in [7, 11) is 0. The van der Waals surface area contributed by atoms with Gasteiger partial charge in [-0.1, -0.05) is 0 Å². The summed E-state index contributed by atoms with van der Waals surface area (Å²) in [6.45, 7) is 0. The van der Waals surface area contributed by atoms with E-state index < -0.39 is 6.36 Å². The van der Waals surface area contributed by atoms with Crippen LogP contribution >= 0.6 is 0 Å². The zero-order valence-electron chi connectivity index (χ0n) is 7.36. The maximum Gasteiger partial charge on any atom is 0.573 e. The van der Waals surface area contributed by atoms with Crippen LogP contribution < -0.4 is 4.74 Å². The first kappa shape index (κ1) is 11.2. The maximum atomic E-state index is 11.7. The van der Waals surface area contributed by atoms with Crippen molar-refractivity contribution >= 4 is 18.2 Å². The monoisotopic (exact) mass is 217 g/mol. The third-order valence-corrected chi connectivity index (χ3v) is 1.35. The molecule has 0 fully saturated rings. The van der Waals surface area contributed by atoms with Gasteiger partial charge in [0.05, 0.1) is 11.9 Å². The summed E-state index contributed by atoms with van der Waals surface area (Å²) < 4.78 is 38.9. The summed E-state index contributed by atoms with van der Waals surface area (Å²) >= 11 is 0. The van der Waals surface area contributed by atoms with Crippen LogP contribution in [0.4, 0.5) is 18.9 Å². The molecule has 0 N–H and O–H groups in total. The molecule has 0 amide bonds. The number of benzene rings is 1. The lowest BCUT2D eigenvalue weighted by Crippen LogP contribution is -2.16. The molecule has 0 aliphatic rings. The Hall–Kier alpha value is -1.85. The molecule has 1 rings (SSSR count). The summed E-state index contributed by atoms with van der Waals surface area (Å²) in [5.74, 6) is -0.326. The maximum absolute atomic E-state index is 11.7. The lowest BCUT2D eigenvalue weighted by Gasteiger charge is -2.08. The van der Waals surface area contributed by atoms with Gasteiger partial charge in [0.2, 0.25) is 0 Å². The molecule has 0 atom stereocenters. The second-order valence-electron chi connectivity index (χ2n) is 2.46. The highest BCUT2D eigenvalue weighted by Gasteiger charge is 2.30. The van der Waals surface area contributed by atoms with Crippen molar-refractivity contribution in [2.24, 2.45) is 4.99 Å². The molecule has 15 heavy (non-hydrogen) atoms. The number of hydrogen-bond acceptors (Lipinski definition) is 3. The van der Waals surface area contributed by atoms with Crippen LogP contribution in [0.5, 0.6) is 5.75 Å². The molecule has 3 nitrogen and oxygen atoms in total. The molecule has 1 aromatic carbocycles. The van der Waals surface area contributed by atoms with Crippen LogP contribution in [0.1, 0.15) is 0 Å². The van der Waals surface area contributed by atoms with Crippen LogP contribution in [0.25, 0.3) is 0 Å². The van der Waals surface area contributed by atoms with Gasteiger partial charge in [0.15, 0.2) is 6.29 Å². The Balaban J connectivity index is 2.72. The van der Waals surface area contributed by atoms with Gasteiger partial charge in [0.1, 0.15) is 5.75 Å². The Morgan fingerprint density at radius 3 is 2.27 bits per heavy atom. The van der Waals surface area contributed by atoms with E-state index in [0.717, 1.165) is 18.3 Å². The van der Waals surface area contributed by atoms with Gasteiger partial charge in [-0.3, -0.25) is 9.79 Å². The van der Waals surface area contributed by atoms with Crippen molar-refractivity contribution in [1.29, 1.82) is 0 Å². The van der Waals surface area contributed by atoms with E-state index in [0.29, 0.717) is 12.0 Å². The Morgan fingerprint density at radius 1 is 1.20 bits per heavy atom. The van der Waals surface area contributed by atoms with Gasteiger partial charge in [-0.15, -0.1) is 13.2 Å². The SMILES string of the molecule is O=CC=Nc1ccc(OC(F)(F)F)cc1. The van der Waals surface area contributed by atoms with E-state index in [1.54, 1.807) is 0 Å². The summed E-state index contributed by atoms with van der Waals surface area (Å²) in [4.78, 5) is 13.5. The average Bonchev–Trinajstić information content (AvgIpc) is 2.14. The first-order valence-electron chi connectivity index (χ1n) is 3.85. The zero-order chi connectivity index (χ0) is 11.3. The van der Waals surface area contributed by atoms with E-state index in [-0.39, 0.29) is 5.75 Å². The van der Waals surface area contributed by atoms with Crippen LogP contribution in [-0.2, 0) is 4.79 Å². The van der Waals surface area contributed by atoms with E-state index in [4.69, 9.17) is 0 Å². The van der Waals surface area contributed by atoms with Crippen molar-refractivity contribution < 1.29 is 22.7 Å². The minimum atomic E-state index is -4.70. The molecule has 1 aromatic rings. The van der Waals surface area contributed by atoms with Gasteiger partial charge in [-0.05, 0) is 24.3 Å². The highest BCUT2D eigenvalue weighted by molar-refractivity contribution is 6.13. The topological polar surface area (TPSA) is 38.7 Å². The lowest BCUT2D eigenvalue weighted by atomic mass is 10.3. The van der Waals surface area contributed by atoms with Crippen molar-refractivity contribution in [2.75, 3.05) is 0 Å². The summed E-state index contributed by atoms with van der Waals surface area (Å²) in [6.07, 6.45) is -3.23. The number of halogens is 3. The molecule has 6 heteroatoms. The number of ether oxygens (including phenoxy) is 1. The second-order valence-corrected chi connectivity index (χ2v) is 2.46. The number of hydrogen-bond donors (Lipinski definition) is 0. The molecule has 80 valence electrons. The number of nitrogens with zero attached hydrogens (tertiary/aromatic N) is 1. The second kappa shape index (κ2) is 4.59. The van der Waals surface area contributed by atoms with Gasteiger partial charge in [-0.2, -0.15) is 0 Å². The Morgan fingerprint density at radius 2 is 1.80 bits per heavy atom. The molecule has 0 aromatic heterocycles. The quantitative estimate of drug-likeness (QED) is 0.576. The zero-order valence-corrected chi connectivity index (χ0v) is 7.36. The van der Waals surface area contributed by atoms with E-state index >= 15 is 0 Å². The van der Waals surface area contributed by atoms with Crippen molar-refractivity contribution in [3.05, 3.63) is 24.3 Å². The molecule has 0 saturated heterocycles. The molecular formula is C9H6F3NO2. The van der Waals surface area contributed by atoms with Crippen molar-refractivity contribution in [1.82, 2.24) is 0 Å². The number of aldehydes is 1. The third-order valence-electron chi connectivity index (χ3n) is 1.35. The third kappa shape index (κ3) is 4.26. The summed E-state index contributed by atoms with van der Waals surface area (Å²) in [5, 5.41) is 0. The van der Waals surface area contributed by atoms with E-state index in [2.05, 4.69) is 9.73 Å². The largest absolute Gasteiger partial charge is 0.573 e. The average molecular weight is 217 g/mol. The number of carbonyl (C=O) groups is 1. The van der Waals surface area contributed by atoms with E-state index in [1.807, 2.05) is 0 Å². The molecule has 0 heterocycles. The van der Waals surface area contributed by atoms with Crippen LogP contribution in [0.15, 0.2) is 29.3 Å². The van der Waals surface area contributed by atoms with Crippen molar-refractivity contribution in [3.8, 4) is 5.75 Å². The molecule has 0 spiro atoms. The lowest BCUT2D eigenvalue weighted by molar-refractivity contribution is -0.274. The van der Waals surface area contributed by atoms with Gasteiger partial charge >= 0.3 is 6.36 Å². The van der Waals surface area contributed by atoms with Gasteiger partial charge < -0.3 is 4.74 Å². The number of aliphatic imine (C=N–C) groups is 1. The predicted molar refractivity (Wildman–Crippen MR) is 47.3 cm³/mol. The molecule has 0 aliphatic carbocycles. The first-order valence-corrected chi connectivity index (χ1v) is 3.85. The van der Waals surface area contributed by atoms with Crippen LogP contribution in [0.3, 0.4) is 0 Å². The summed E-state index contributed by atoms with van der Waals surface area (Å²) in [6, 6.07) is 4.85. The molecule has 0 saturated carbocycles. The Bertz CT molecular complexity index is 357. The normalized spacial score (nSPS) is 11.7. The van der Waals surface area contributed by atoms with Gasteiger partial charge in [0, 0.05) is 0 Å². The fourth-order valence-electron chi connectivity index (χ4n) is 0.850. The summed E-state index contributed by atoms with van der Waals surface area (Å²) in [5.41, 5.74) is 0.372.